The van der Waals surface area contributed by atoms with Gasteiger partial charge in [0.1, 0.15) is 0 Å². The summed E-state index contributed by atoms with van der Waals surface area (Å²) in [4.78, 5) is 26.8. The molecule has 0 aromatic heterocycles. The van der Waals surface area contributed by atoms with Crippen molar-refractivity contribution in [1.29, 1.82) is 0 Å². The van der Waals surface area contributed by atoms with Crippen LogP contribution in [0.2, 0.25) is 0 Å². The summed E-state index contributed by atoms with van der Waals surface area (Å²) in [6.07, 6.45) is 0.0546. The van der Waals surface area contributed by atoms with Crippen molar-refractivity contribution in [3.63, 3.8) is 0 Å². The second-order valence-electron chi connectivity index (χ2n) is 7.29. The molecule has 1 saturated heterocycles. The molecular weight excluding hydrogens is 356 g/mol. The third kappa shape index (κ3) is 5.97. The third-order valence-electron chi connectivity index (χ3n) is 4.37. The van der Waals surface area contributed by atoms with Gasteiger partial charge in [-0.25, -0.2) is 8.78 Å². The van der Waals surface area contributed by atoms with Crippen molar-refractivity contribution in [3.05, 3.63) is 29.8 Å². The van der Waals surface area contributed by atoms with Gasteiger partial charge in [0.25, 0.3) is 0 Å². The number of carbonyl (C=O) groups excluding carboxylic acids is 2. The normalized spacial score (nSPS) is 21.7. The number of benzene rings is 1. The number of morpholine rings is 1. The number of ether oxygens (including phenoxy) is 1. The van der Waals surface area contributed by atoms with E-state index in [9.17, 15) is 18.4 Å². The molecule has 3 atom stereocenters. The molecule has 2 amide bonds. The van der Waals surface area contributed by atoms with Gasteiger partial charge in [-0.3, -0.25) is 14.5 Å². The predicted octanol–water partition coefficient (Wildman–Crippen LogP) is 2.15. The van der Waals surface area contributed by atoms with Crippen molar-refractivity contribution < 1.29 is 23.1 Å². The van der Waals surface area contributed by atoms with Gasteiger partial charge in [0.2, 0.25) is 11.8 Å². The fourth-order valence-electron chi connectivity index (χ4n) is 3.39. The van der Waals surface area contributed by atoms with E-state index in [1.165, 1.54) is 6.07 Å². The number of nitrogens with zero attached hydrogens (tertiary/aromatic N) is 1. The molecule has 2 rings (SSSR count). The number of amides is 2. The summed E-state index contributed by atoms with van der Waals surface area (Å²) < 4.78 is 31.8. The number of rotatable bonds is 6. The highest BCUT2D eigenvalue weighted by Crippen LogP contribution is 2.19. The molecule has 0 unspecified atom stereocenters. The lowest BCUT2D eigenvalue weighted by molar-refractivity contribution is -0.136. The molecule has 150 valence electrons. The summed E-state index contributed by atoms with van der Waals surface area (Å²) in [5.41, 5.74) is 0.129. The molecule has 1 aromatic rings. The Morgan fingerprint density at radius 2 is 1.81 bits per heavy atom. The van der Waals surface area contributed by atoms with Crippen LogP contribution in [-0.2, 0) is 14.3 Å². The summed E-state index contributed by atoms with van der Waals surface area (Å²) in [6, 6.07) is 2.70. The smallest absolute Gasteiger partial charge is 0.243 e. The zero-order valence-electron chi connectivity index (χ0n) is 16.1. The second-order valence-corrected chi connectivity index (χ2v) is 7.29. The number of anilines is 1. The van der Waals surface area contributed by atoms with Crippen LogP contribution in [-0.4, -0.2) is 54.6 Å². The average molecular weight is 383 g/mol. The minimum atomic E-state index is -1.05. The van der Waals surface area contributed by atoms with Crippen LogP contribution in [0.15, 0.2) is 18.2 Å². The van der Waals surface area contributed by atoms with Gasteiger partial charge in [-0.1, -0.05) is 13.8 Å². The van der Waals surface area contributed by atoms with Crippen LogP contribution in [0.4, 0.5) is 14.5 Å². The first kappa shape index (κ1) is 21.2. The van der Waals surface area contributed by atoms with Gasteiger partial charge in [0.05, 0.1) is 24.8 Å². The lowest BCUT2D eigenvalue weighted by Gasteiger charge is -2.40. The Morgan fingerprint density at radius 1 is 1.19 bits per heavy atom. The molecule has 1 heterocycles. The standard InChI is InChI=1S/C19H27F2N3O3/c1-11(2)18(24-9-12(3)27-13(4)10-24)19(26)22-8-17(25)23-14-5-6-15(20)16(21)7-14/h5-7,11-13,18H,8-10H2,1-4H3,(H,22,26)(H,23,25)/t12-,13+,18-/m0/s1. The molecule has 27 heavy (non-hydrogen) atoms. The van der Waals surface area contributed by atoms with Crippen molar-refractivity contribution in [2.45, 2.75) is 45.9 Å². The highest BCUT2D eigenvalue weighted by molar-refractivity contribution is 5.95. The number of hydrogen-bond acceptors (Lipinski definition) is 4. The van der Waals surface area contributed by atoms with Crippen LogP contribution in [0, 0.1) is 17.6 Å². The monoisotopic (exact) mass is 383 g/mol. The van der Waals surface area contributed by atoms with Crippen LogP contribution in [0.25, 0.3) is 0 Å². The van der Waals surface area contributed by atoms with Gasteiger partial charge in [0.15, 0.2) is 11.6 Å². The van der Waals surface area contributed by atoms with Gasteiger partial charge in [-0.2, -0.15) is 0 Å². The molecule has 1 fully saturated rings. The number of hydrogen-bond donors (Lipinski definition) is 2. The Hall–Kier alpha value is -2.06. The Kier molecular flexibility index (Phi) is 7.26. The van der Waals surface area contributed by atoms with Crippen molar-refractivity contribution in [2.75, 3.05) is 25.0 Å². The number of carbonyl (C=O) groups is 2. The number of halogens is 2. The van der Waals surface area contributed by atoms with Gasteiger partial charge in [0, 0.05) is 24.8 Å². The van der Waals surface area contributed by atoms with E-state index in [-0.39, 0.29) is 42.3 Å². The maximum atomic E-state index is 13.2. The lowest BCUT2D eigenvalue weighted by atomic mass is 9.99. The SMILES string of the molecule is CC(C)[C@@H](C(=O)NCC(=O)Nc1ccc(F)c(F)c1)N1C[C@@H](C)O[C@@H](C)C1. The molecule has 0 spiro atoms. The molecule has 1 aliphatic rings. The Labute approximate surface area is 158 Å². The van der Waals surface area contributed by atoms with Crippen LogP contribution in [0.3, 0.4) is 0 Å². The molecule has 0 bridgehead atoms. The van der Waals surface area contributed by atoms with Gasteiger partial charge in [-0.05, 0) is 31.9 Å². The largest absolute Gasteiger partial charge is 0.373 e. The summed E-state index contributed by atoms with van der Waals surface area (Å²) >= 11 is 0. The zero-order chi connectivity index (χ0) is 20.1. The van der Waals surface area contributed by atoms with Gasteiger partial charge in [-0.15, -0.1) is 0 Å². The van der Waals surface area contributed by atoms with E-state index in [0.29, 0.717) is 13.1 Å². The minimum absolute atomic E-state index is 0.0273. The van der Waals surface area contributed by atoms with E-state index in [2.05, 4.69) is 15.5 Å². The van der Waals surface area contributed by atoms with Crippen molar-refractivity contribution in [2.24, 2.45) is 5.92 Å². The van der Waals surface area contributed by atoms with E-state index < -0.39 is 17.5 Å². The molecule has 2 N–H and O–H groups in total. The molecule has 6 nitrogen and oxygen atoms in total. The third-order valence-corrected chi connectivity index (χ3v) is 4.37. The van der Waals surface area contributed by atoms with Crippen molar-refractivity contribution >= 4 is 17.5 Å². The van der Waals surface area contributed by atoms with Crippen LogP contribution < -0.4 is 10.6 Å². The first-order valence-electron chi connectivity index (χ1n) is 9.09. The van der Waals surface area contributed by atoms with Crippen LogP contribution in [0.5, 0.6) is 0 Å². The van der Waals surface area contributed by atoms with E-state index >= 15 is 0 Å². The van der Waals surface area contributed by atoms with Crippen LogP contribution in [0.1, 0.15) is 27.7 Å². The van der Waals surface area contributed by atoms with Gasteiger partial charge < -0.3 is 15.4 Å². The quantitative estimate of drug-likeness (QED) is 0.790. The summed E-state index contributed by atoms with van der Waals surface area (Å²) in [7, 11) is 0. The molecule has 1 aromatic carbocycles. The topological polar surface area (TPSA) is 70.7 Å². The molecule has 0 radical (unpaired) electrons. The summed E-state index contributed by atoms with van der Waals surface area (Å²) in [5.74, 6) is -2.74. The minimum Gasteiger partial charge on any atom is -0.373 e. The Bertz CT molecular complexity index is 674. The highest BCUT2D eigenvalue weighted by atomic mass is 19.2. The molecule has 0 saturated carbocycles. The van der Waals surface area contributed by atoms with Crippen LogP contribution >= 0.6 is 0 Å². The van der Waals surface area contributed by atoms with Crippen molar-refractivity contribution in [3.8, 4) is 0 Å². The van der Waals surface area contributed by atoms with E-state index in [1.807, 2.05) is 27.7 Å². The Balaban J connectivity index is 1.93. The molecular formula is C19H27F2N3O3. The van der Waals surface area contributed by atoms with E-state index in [1.54, 1.807) is 0 Å². The maximum absolute atomic E-state index is 13.2. The number of nitrogens with one attached hydrogen (secondary N) is 2. The molecule has 8 heteroatoms. The highest BCUT2D eigenvalue weighted by Gasteiger charge is 2.34. The average Bonchev–Trinajstić information content (AvgIpc) is 2.55. The fraction of sp³-hybridized carbons (Fsp3) is 0.579. The van der Waals surface area contributed by atoms with Gasteiger partial charge >= 0.3 is 0 Å². The van der Waals surface area contributed by atoms with E-state index in [4.69, 9.17) is 4.74 Å². The molecule has 0 aliphatic carbocycles. The summed E-state index contributed by atoms with van der Waals surface area (Å²) in [5, 5.41) is 5.07. The lowest BCUT2D eigenvalue weighted by Crippen LogP contribution is -2.57. The zero-order valence-corrected chi connectivity index (χ0v) is 16.1. The Morgan fingerprint density at radius 3 is 2.37 bits per heavy atom. The molecule has 1 aliphatic heterocycles. The first-order valence-corrected chi connectivity index (χ1v) is 9.09. The maximum Gasteiger partial charge on any atom is 0.243 e. The second kappa shape index (κ2) is 9.23. The summed E-state index contributed by atoms with van der Waals surface area (Å²) in [6.45, 7) is 8.87. The first-order chi connectivity index (χ1) is 12.7. The van der Waals surface area contributed by atoms with E-state index in [0.717, 1.165) is 12.1 Å². The predicted molar refractivity (Wildman–Crippen MR) is 98.2 cm³/mol. The van der Waals surface area contributed by atoms with Crippen molar-refractivity contribution in [1.82, 2.24) is 10.2 Å². The fourth-order valence-corrected chi connectivity index (χ4v) is 3.39.